The number of ether oxygens (including phenoxy) is 1. The lowest BCUT2D eigenvalue weighted by atomic mass is 9.94. The highest BCUT2D eigenvalue weighted by Crippen LogP contribution is 2.31. The maximum absolute atomic E-state index is 12.1. The Bertz CT molecular complexity index is 939. The van der Waals surface area contributed by atoms with Gasteiger partial charge in [0.05, 0.1) is 25.1 Å². The molecule has 2 aromatic heterocycles. The van der Waals surface area contributed by atoms with Crippen LogP contribution in [0.4, 0.5) is 0 Å². The number of tetrazole rings is 1. The van der Waals surface area contributed by atoms with Gasteiger partial charge in [0.2, 0.25) is 0 Å². The molecule has 0 bridgehead atoms. The third-order valence-electron chi connectivity index (χ3n) is 5.49. The molecule has 0 amide bonds. The number of hydrogen-bond donors (Lipinski definition) is 0. The molecule has 0 saturated carbocycles. The molecule has 0 unspecified atom stereocenters. The van der Waals surface area contributed by atoms with Gasteiger partial charge < -0.3 is 4.74 Å². The van der Waals surface area contributed by atoms with Crippen LogP contribution in [0.1, 0.15) is 42.8 Å². The van der Waals surface area contributed by atoms with E-state index in [9.17, 15) is 4.79 Å². The minimum atomic E-state index is -0.124. The van der Waals surface area contributed by atoms with Crippen molar-refractivity contribution in [2.45, 2.75) is 32.4 Å². The highest BCUT2D eigenvalue weighted by atomic mass is 16.5. The molecule has 0 N–H and O–H groups in total. The molecule has 0 aliphatic carbocycles. The monoisotopic (exact) mass is 406 g/mol. The van der Waals surface area contributed by atoms with Crippen molar-refractivity contribution >= 4 is 5.97 Å². The molecule has 1 aromatic carbocycles. The number of rotatable bonds is 7. The Morgan fingerprint density at radius 3 is 2.67 bits per heavy atom. The van der Waals surface area contributed by atoms with Gasteiger partial charge in [-0.25, -0.2) is 4.68 Å². The molecular weight excluding hydrogens is 380 g/mol. The lowest BCUT2D eigenvalue weighted by Gasteiger charge is -2.36. The van der Waals surface area contributed by atoms with Gasteiger partial charge in [0.25, 0.3) is 0 Å². The second kappa shape index (κ2) is 9.58. The summed E-state index contributed by atoms with van der Waals surface area (Å²) in [6.07, 6.45) is 5.15. The Hall–Kier alpha value is -3.13. The van der Waals surface area contributed by atoms with Crippen LogP contribution in [0.25, 0.3) is 0 Å². The molecule has 3 aromatic rings. The number of nitrogens with zero attached hydrogens (tertiary/aromatic N) is 6. The van der Waals surface area contributed by atoms with Crippen LogP contribution < -0.4 is 0 Å². The maximum Gasteiger partial charge on any atom is 0.309 e. The van der Waals surface area contributed by atoms with Crippen LogP contribution in [0.5, 0.6) is 0 Å². The molecule has 0 spiro atoms. The molecule has 8 nitrogen and oxygen atoms in total. The van der Waals surface area contributed by atoms with Crippen LogP contribution in [0.3, 0.4) is 0 Å². The molecule has 8 heteroatoms. The highest BCUT2D eigenvalue weighted by Gasteiger charge is 2.33. The summed E-state index contributed by atoms with van der Waals surface area (Å²) in [5.41, 5.74) is 2.17. The maximum atomic E-state index is 12.1. The van der Waals surface area contributed by atoms with Gasteiger partial charge in [-0.1, -0.05) is 36.4 Å². The number of carbonyl (C=O) groups is 1. The summed E-state index contributed by atoms with van der Waals surface area (Å²) in [5, 5.41) is 12.6. The summed E-state index contributed by atoms with van der Waals surface area (Å²) in [6, 6.07) is 14.0. The summed E-state index contributed by atoms with van der Waals surface area (Å²) in [7, 11) is 0. The first kappa shape index (κ1) is 20.2. The Morgan fingerprint density at radius 2 is 1.97 bits per heavy atom. The van der Waals surface area contributed by atoms with Crippen molar-refractivity contribution in [3.8, 4) is 0 Å². The van der Waals surface area contributed by atoms with Crippen LogP contribution in [-0.4, -0.2) is 55.8 Å². The molecule has 1 aliphatic rings. The average Bonchev–Trinajstić information content (AvgIpc) is 3.23. The summed E-state index contributed by atoms with van der Waals surface area (Å²) >= 11 is 0. The largest absolute Gasteiger partial charge is 0.466 e. The quantitative estimate of drug-likeness (QED) is 0.557. The van der Waals surface area contributed by atoms with Gasteiger partial charge in [0.1, 0.15) is 0 Å². The Labute approximate surface area is 175 Å². The van der Waals surface area contributed by atoms with Gasteiger partial charge in [-0.2, -0.15) is 0 Å². The third-order valence-corrected chi connectivity index (χ3v) is 5.49. The van der Waals surface area contributed by atoms with E-state index in [1.165, 1.54) is 0 Å². The number of aromatic nitrogens is 5. The SMILES string of the molecule is CCOC(=O)C1CCN([C@@H](c2cccnc2)c2nnnn2Cc2ccccc2)CC1. The van der Waals surface area contributed by atoms with Crippen molar-refractivity contribution in [2.75, 3.05) is 19.7 Å². The molecule has 0 radical (unpaired) electrons. The molecule has 1 fully saturated rings. The first-order valence-electron chi connectivity index (χ1n) is 10.4. The smallest absolute Gasteiger partial charge is 0.309 e. The van der Waals surface area contributed by atoms with E-state index in [2.05, 4.69) is 43.6 Å². The highest BCUT2D eigenvalue weighted by molar-refractivity contribution is 5.72. The van der Waals surface area contributed by atoms with E-state index >= 15 is 0 Å². The van der Waals surface area contributed by atoms with Crippen molar-refractivity contribution in [1.29, 1.82) is 0 Å². The number of benzene rings is 1. The molecule has 4 rings (SSSR count). The van der Waals surface area contributed by atoms with E-state index in [0.29, 0.717) is 13.2 Å². The van der Waals surface area contributed by atoms with Gasteiger partial charge in [-0.15, -0.1) is 5.10 Å². The fourth-order valence-electron chi connectivity index (χ4n) is 3.99. The topological polar surface area (TPSA) is 86.0 Å². The Balaban J connectivity index is 1.59. The second-order valence-corrected chi connectivity index (χ2v) is 7.43. The average molecular weight is 406 g/mol. The minimum absolute atomic E-state index is 0.0453. The van der Waals surface area contributed by atoms with Crippen molar-refractivity contribution < 1.29 is 9.53 Å². The molecule has 1 atom stereocenters. The number of pyridine rings is 1. The van der Waals surface area contributed by atoms with Gasteiger partial charge >= 0.3 is 5.97 Å². The predicted octanol–water partition coefficient (Wildman–Crippen LogP) is 2.48. The zero-order valence-corrected chi connectivity index (χ0v) is 17.1. The van der Waals surface area contributed by atoms with E-state index in [4.69, 9.17) is 4.74 Å². The first-order chi connectivity index (χ1) is 14.8. The van der Waals surface area contributed by atoms with Crippen LogP contribution in [0, 0.1) is 5.92 Å². The number of hydrogen-bond acceptors (Lipinski definition) is 7. The lowest BCUT2D eigenvalue weighted by Crippen LogP contribution is -2.40. The zero-order valence-electron chi connectivity index (χ0n) is 17.1. The van der Waals surface area contributed by atoms with Gasteiger partial charge in [-0.05, 0) is 47.4 Å². The second-order valence-electron chi connectivity index (χ2n) is 7.43. The lowest BCUT2D eigenvalue weighted by molar-refractivity contribution is -0.149. The fourth-order valence-corrected chi connectivity index (χ4v) is 3.99. The van der Waals surface area contributed by atoms with Gasteiger partial charge in [0.15, 0.2) is 5.82 Å². The van der Waals surface area contributed by atoms with Gasteiger partial charge in [-0.3, -0.25) is 14.7 Å². The summed E-state index contributed by atoms with van der Waals surface area (Å²) < 4.78 is 7.07. The van der Waals surface area contributed by atoms with Gasteiger partial charge in [0, 0.05) is 25.5 Å². The molecule has 3 heterocycles. The number of esters is 1. The fraction of sp³-hybridized carbons (Fsp3) is 0.409. The normalized spacial score (nSPS) is 16.3. The summed E-state index contributed by atoms with van der Waals surface area (Å²) in [5.74, 6) is 0.640. The molecular formula is C22H26N6O2. The molecule has 156 valence electrons. The number of likely N-dealkylation sites (tertiary alicyclic amines) is 1. The first-order valence-corrected chi connectivity index (χ1v) is 10.4. The zero-order chi connectivity index (χ0) is 20.8. The van der Waals surface area contributed by atoms with E-state index < -0.39 is 0 Å². The van der Waals surface area contributed by atoms with E-state index in [0.717, 1.165) is 42.9 Å². The number of piperidine rings is 1. The minimum Gasteiger partial charge on any atom is -0.466 e. The van der Waals surface area contributed by atoms with Crippen molar-refractivity contribution in [2.24, 2.45) is 5.92 Å². The van der Waals surface area contributed by atoms with Crippen molar-refractivity contribution in [3.63, 3.8) is 0 Å². The van der Waals surface area contributed by atoms with E-state index in [-0.39, 0.29) is 17.9 Å². The summed E-state index contributed by atoms with van der Waals surface area (Å²) in [4.78, 5) is 18.8. The number of carbonyl (C=O) groups excluding carboxylic acids is 1. The van der Waals surface area contributed by atoms with Crippen LogP contribution >= 0.6 is 0 Å². The standard InChI is InChI=1S/C22H26N6O2/c1-2-30-22(29)18-10-13-27(14-11-18)20(19-9-6-12-23-15-19)21-24-25-26-28(21)16-17-7-4-3-5-8-17/h3-9,12,15,18,20H,2,10-11,13-14,16H2,1H3/t20-/m0/s1. The van der Waals surface area contributed by atoms with Crippen LogP contribution in [0.15, 0.2) is 54.9 Å². The Kier molecular flexibility index (Phi) is 6.44. The molecule has 30 heavy (non-hydrogen) atoms. The Morgan fingerprint density at radius 1 is 1.17 bits per heavy atom. The molecule has 1 saturated heterocycles. The molecule has 1 aliphatic heterocycles. The van der Waals surface area contributed by atoms with Crippen molar-refractivity contribution in [3.05, 3.63) is 71.8 Å². The van der Waals surface area contributed by atoms with Crippen LogP contribution in [0.2, 0.25) is 0 Å². The third kappa shape index (κ3) is 4.54. The van der Waals surface area contributed by atoms with Crippen LogP contribution in [-0.2, 0) is 16.1 Å². The summed E-state index contributed by atoms with van der Waals surface area (Å²) in [6.45, 7) is 4.39. The predicted molar refractivity (Wildman–Crippen MR) is 110 cm³/mol. The van der Waals surface area contributed by atoms with Crippen molar-refractivity contribution in [1.82, 2.24) is 30.1 Å². The van der Waals surface area contributed by atoms with E-state index in [1.807, 2.05) is 42.1 Å². The van der Waals surface area contributed by atoms with E-state index in [1.54, 1.807) is 6.20 Å².